The molecule has 1 fully saturated rings. The predicted molar refractivity (Wildman–Crippen MR) is 98.8 cm³/mol. The molecule has 0 aromatic heterocycles. The third kappa shape index (κ3) is 3.81. The molecule has 3 rings (SSSR count). The van der Waals surface area contributed by atoms with Gasteiger partial charge in [0.15, 0.2) is 0 Å². The number of rotatable bonds is 6. The zero-order valence-electron chi connectivity index (χ0n) is 15.0. The topological polar surface area (TPSA) is 34.1 Å². The smallest absolute Gasteiger partial charge is 0.126 e. The van der Waals surface area contributed by atoms with E-state index in [0.29, 0.717) is 5.92 Å². The minimum absolute atomic E-state index is 0.568. The quantitative estimate of drug-likeness (QED) is 0.802. The van der Waals surface area contributed by atoms with Crippen LogP contribution in [0.15, 0.2) is 29.3 Å². The highest BCUT2D eigenvalue weighted by Crippen LogP contribution is 2.39. The molecule has 2 aliphatic rings. The van der Waals surface area contributed by atoms with Crippen LogP contribution in [-0.2, 0) is 6.42 Å². The first-order valence-electron chi connectivity index (χ1n) is 8.84. The van der Waals surface area contributed by atoms with Gasteiger partial charge in [0.1, 0.15) is 11.5 Å². The maximum absolute atomic E-state index is 5.74. The van der Waals surface area contributed by atoms with Gasteiger partial charge < -0.3 is 14.4 Å². The van der Waals surface area contributed by atoms with Crippen molar-refractivity contribution in [2.24, 2.45) is 4.99 Å². The predicted octanol–water partition coefficient (Wildman–Crippen LogP) is 3.46. The third-order valence-corrected chi connectivity index (χ3v) is 5.14. The Hall–Kier alpha value is -1.81. The summed E-state index contributed by atoms with van der Waals surface area (Å²) >= 11 is 0. The number of nitrogens with zero attached hydrogens (tertiary/aromatic N) is 2. The molecule has 1 aromatic carbocycles. The van der Waals surface area contributed by atoms with Crippen LogP contribution >= 0.6 is 0 Å². The van der Waals surface area contributed by atoms with E-state index in [0.717, 1.165) is 44.0 Å². The summed E-state index contributed by atoms with van der Waals surface area (Å²) in [4.78, 5) is 6.93. The van der Waals surface area contributed by atoms with Gasteiger partial charge >= 0.3 is 0 Å². The van der Waals surface area contributed by atoms with Crippen molar-refractivity contribution in [2.45, 2.75) is 31.6 Å². The monoisotopic (exact) mass is 328 g/mol. The Morgan fingerprint density at radius 3 is 2.54 bits per heavy atom. The lowest BCUT2D eigenvalue weighted by atomic mass is 9.84. The summed E-state index contributed by atoms with van der Waals surface area (Å²) in [6.45, 7) is 3.13. The number of methoxy groups -OCH3 is 2. The number of allylic oxidation sites excluding steroid dienone is 1. The van der Waals surface area contributed by atoms with Crippen LogP contribution in [0.4, 0.5) is 0 Å². The third-order valence-electron chi connectivity index (χ3n) is 5.14. The number of aryl methyl sites for hydroxylation is 1. The lowest BCUT2D eigenvalue weighted by Gasteiger charge is -2.31. The van der Waals surface area contributed by atoms with E-state index in [1.54, 1.807) is 14.2 Å². The van der Waals surface area contributed by atoms with Gasteiger partial charge in [-0.2, -0.15) is 0 Å². The first-order chi connectivity index (χ1) is 11.7. The molecule has 1 aromatic rings. The molecule has 2 heterocycles. The van der Waals surface area contributed by atoms with Gasteiger partial charge in [-0.15, -0.1) is 0 Å². The SMILES string of the molecule is COc1cc(CCC2=NCC=C2)c(C2CCN(C)CC2)c(OC)c1. The minimum atomic E-state index is 0.568. The van der Waals surface area contributed by atoms with E-state index < -0.39 is 0 Å². The number of ether oxygens (including phenoxy) is 2. The molecule has 1 saturated heterocycles. The van der Waals surface area contributed by atoms with Gasteiger partial charge in [-0.3, -0.25) is 4.99 Å². The van der Waals surface area contributed by atoms with Gasteiger partial charge in [0.25, 0.3) is 0 Å². The molecule has 0 unspecified atom stereocenters. The summed E-state index contributed by atoms with van der Waals surface area (Å²) in [5.41, 5.74) is 3.93. The van der Waals surface area contributed by atoms with Crippen LogP contribution in [0.1, 0.15) is 36.3 Å². The van der Waals surface area contributed by atoms with Crippen molar-refractivity contribution < 1.29 is 9.47 Å². The lowest BCUT2D eigenvalue weighted by Crippen LogP contribution is -2.29. The Kier molecular flexibility index (Phi) is 5.56. The van der Waals surface area contributed by atoms with Crippen LogP contribution in [0.3, 0.4) is 0 Å². The Bertz CT molecular complexity index is 629. The summed E-state index contributed by atoms with van der Waals surface area (Å²) in [6, 6.07) is 4.22. The van der Waals surface area contributed by atoms with Crippen molar-refractivity contribution in [3.8, 4) is 11.5 Å². The van der Waals surface area contributed by atoms with Gasteiger partial charge in [0.05, 0.1) is 20.8 Å². The van der Waals surface area contributed by atoms with Crippen molar-refractivity contribution in [1.82, 2.24) is 4.90 Å². The Labute approximate surface area is 145 Å². The summed E-state index contributed by atoms with van der Waals surface area (Å²) in [7, 11) is 5.69. The molecule has 4 heteroatoms. The van der Waals surface area contributed by atoms with Crippen LogP contribution < -0.4 is 9.47 Å². The zero-order valence-corrected chi connectivity index (χ0v) is 15.0. The van der Waals surface area contributed by atoms with Gasteiger partial charge in [0.2, 0.25) is 0 Å². The number of likely N-dealkylation sites (tertiary alicyclic amines) is 1. The number of benzene rings is 1. The van der Waals surface area contributed by atoms with Crippen LogP contribution in [0.5, 0.6) is 11.5 Å². The highest BCUT2D eigenvalue weighted by molar-refractivity contribution is 5.96. The van der Waals surface area contributed by atoms with E-state index in [9.17, 15) is 0 Å². The molecular weight excluding hydrogens is 300 g/mol. The second-order valence-electron chi connectivity index (χ2n) is 6.71. The van der Waals surface area contributed by atoms with Crippen LogP contribution in [0, 0.1) is 0 Å². The summed E-state index contributed by atoms with van der Waals surface area (Å²) in [6.07, 6.45) is 8.61. The standard InChI is InChI=1S/C20H28N2O2/c1-22-11-8-15(9-12-22)20-16(6-7-17-5-4-10-21-17)13-18(23-2)14-19(20)24-3/h4-5,13-15H,6-12H2,1-3H3. The van der Waals surface area contributed by atoms with Gasteiger partial charge in [0, 0.05) is 17.3 Å². The molecule has 130 valence electrons. The highest BCUT2D eigenvalue weighted by atomic mass is 16.5. The molecule has 0 N–H and O–H groups in total. The largest absolute Gasteiger partial charge is 0.497 e. The molecule has 0 spiro atoms. The second-order valence-corrected chi connectivity index (χ2v) is 6.71. The molecular formula is C20H28N2O2. The molecule has 4 nitrogen and oxygen atoms in total. The van der Waals surface area contributed by atoms with E-state index in [2.05, 4.69) is 35.2 Å². The van der Waals surface area contributed by atoms with Gasteiger partial charge in [-0.1, -0.05) is 6.08 Å². The molecule has 0 bridgehead atoms. The summed E-state index contributed by atoms with van der Waals surface area (Å²) < 4.78 is 11.2. The van der Waals surface area contributed by atoms with Crippen LogP contribution in [-0.4, -0.2) is 51.5 Å². The average molecular weight is 328 g/mol. The second kappa shape index (κ2) is 7.84. The normalized spacial score (nSPS) is 18.7. The maximum Gasteiger partial charge on any atom is 0.126 e. The van der Waals surface area contributed by atoms with Crippen molar-refractivity contribution in [2.75, 3.05) is 40.9 Å². The van der Waals surface area contributed by atoms with E-state index in [4.69, 9.17) is 9.47 Å². The van der Waals surface area contributed by atoms with E-state index >= 15 is 0 Å². The molecule has 0 aliphatic carbocycles. The first-order valence-corrected chi connectivity index (χ1v) is 8.84. The number of aliphatic imine (C=N–C) groups is 1. The minimum Gasteiger partial charge on any atom is -0.497 e. The van der Waals surface area contributed by atoms with Crippen molar-refractivity contribution in [3.63, 3.8) is 0 Å². The molecule has 0 radical (unpaired) electrons. The molecule has 24 heavy (non-hydrogen) atoms. The summed E-state index contributed by atoms with van der Waals surface area (Å²) in [5.74, 6) is 2.42. The van der Waals surface area contributed by atoms with Crippen molar-refractivity contribution in [3.05, 3.63) is 35.4 Å². The Balaban J connectivity index is 1.89. The first kappa shape index (κ1) is 17.0. The number of piperidine rings is 1. The number of hydrogen-bond acceptors (Lipinski definition) is 4. The lowest BCUT2D eigenvalue weighted by molar-refractivity contribution is 0.252. The highest BCUT2D eigenvalue weighted by Gasteiger charge is 2.25. The van der Waals surface area contributed by atoms with E-state index in [1.165, 1.54) is 29.7 Å². The summed E-state index contributed by atoms with van der Waals surface area (Å²) in [5, 5.41) is 0. The fourth-order valence-electron chi connectivity index (χ4n) is 3.75. The van der Waals surface area contributed by atoms with E-state index in [-0.39, 0.29) is 0 Å². The molecule has 0 amide bonds. The van der Waals surface area contributed by atoms with Gasteiger partial charge in [-0.25, -0.2) is 0 Å². The molecule has 2 aliphatic heterocycles. The fraction of sp³-hybridized carbons (Fsp3) is 0.550. The molecule has 0 saturated carbocycles. The van der Waals surface area contributed by atoms with Crippen LogP contribution in [0.25, 0.3) is 0 Å². The fourth-order valence-corrected chi connectivity index (χ4v) is 3.75. The zero-order chi connectivity index (χ0) is 16.9. The van der Waals surface area contributed by atoms with Crippen molar-refractivity contribution >= 4 is 5.71 Å². The van der Waals surface area contributed by atoms with Crippen LogP contribution in [0.2, 0.25) is 0 Å². The van der Waals surface area contributed by atoms with E-state index in [1.807, 2.05) is 6.07 Å². The van der Waals surface area contributed by atoms with Crippen molar-refractivity contribution in [1.29, 1.82) is 0 Å². The Morgan fingerprint density at radius 2 is 1.92 bits per heavy atom. The average Bonchev–Trinajstić information content (AvgIpc) is 3.13. The Morgan fingerprint density at radius 1 is 1.12 bits per heavy atom. The maximum atomic E-state index is 5.74. The molecule has 0 atom stereocenters. The number of hydrogen-bond donors (Lipinski definition) is 0. The van der Waals surface area contributed by atoms with Gasteiger partial charge in [-0.05, 0) is 69.4 Å².